The van der Waals surface area contributed by atoms with E-state index in [0.29, 0.717) is 48.2 Å². The fourth-order valence-corrected chi connectivity index (χ4v) is 6.95. The highest BCUT2D eigenvalue weighted by atomic mass is 28.4. The third-order valence-corrected chi connectivity index (χ3v) is 13.6. The second-order valence-electron chi connectivity index (χ2n) is 11.9. The summed E-state index contributed by atoms with van der Waals surface area (Å²) in [6, 6.07) is 13.1. The lowest BCUT2D eigenvalue weighted by atomic mass is 9.74. The van der Waals surface area contributed by atoms with Crippen molar-refractivity contribution in [3.63, 3.8) is 0 Å². The SMILES string of the molecule is CCC12C[C@@H](O)C(CCO[Si](C)(C)C(C)(C)C)(O1)c1c2c(O)n(-c2ccc(C#N)c3ccccc23)c1O. The van der Waals surface area contributed by atoms with E-state index < -0.39 is 25.6 Å². The number of nitrogens with zero attached hydrogens (tertiary/aromatic N) is 2. The van der Waals surface area contributed by atoms with Crippen LogP contribution in [0.4, 0.5) is 0 Å². The van der Waals surface area contributed by atoms with E-state index in [-0.39, 0.29) is 16.8 Å². The van der Waals surface area contributed by atoms with E-state index in [1.807, 2.05) is 31.2 Å². The van der Waals surface area contributed by atoms with Crippen molar-refractivity contribution in [3.8, 4) is 23.5 Å². The van der Waals surface area contributed by atoms with E-state index in [0.717, 1.165) is 10.8 Å². The summed E-state index contributed by atoms with van der Waals surface area (Å²) in [7, 11) is -2.04. The van der Waals surface area contributed by atoms with Gasteiger partial charge in [-0.3, -0.25) is 4.57 Å². The molecule has 7 nitrogen and oxygen atoms in total. The lowest BCUT2D eigenvalue weighted by Gasteiger charge is -2.38. The number of aromatic hydroxyl groups is 2. The molecule has 0 spiro atoms. The van der Waals surface area contributed by atoms with Crippen molar-refractivity contribution in [1.29, 1.82) is 5.26 Å². The van der Waals surface area contributed by atoms with Gasteiger partial charge in [0, 0.05) is 30.2 Å². The zero-order chi connectivity index (χ0) is 27.0. The Bertz CT molecular complexity index is 1430. The average molecular weight is 521 g/mol. The number of aliphatic hydroxyl groups is 1. The highest BCUT2D eigenvalue weighted by Gasteiger charge is 2.67. The van der Waals surface area contributed by atoms with Crippen molar-refractivity contribution in [1.82, 2.24) is 4.57 Å². The molecule has 0 radical (unpaired) electrons. The average Bonchev–Trinajstić information content (AvgIpc) is 3.41. The lowest BCUT2D eigenvalue weighted by Crippen LogP contribution is -2.43. The van der Waals surface area contributed by atoms with Gasteiger partial charge in [0.15, 0.2) is 8.32 Å². The topological polar surface area (TPSA) is 108 Å². The molecule has 3 N–H and O–H groups in total. The Labute approximate surface area is 219 Å². The first-order valence-electron chi connectivity index (χ1n) is 13.0. The number of aromatic nitrogens is 1. The molecule has 2 bridgehead atoms. The minimum Gasteiger partial charge on any atom is -0.494 e. The molecular weight excluding hydrogens is 484 g/mol. The van der Waals surface area contributed by atoms with Gasteiger partial charge in [-0.25, -0.2) is 0 Å². The Morgan fingerprint density at radius 3 is 2.38 bits per heavy atom. The molecule has 37 heavy (non-hydrogen) atoms. The summed E-state index contributed by atoms with van der Waals surface area (Å²) in [6.45, 7) is 13.2. The Morgan fingerprint density at radius 2 is 1.76 bits per heavy atom. The Hall–Kier alpha value is -2.83. The summed E-state index contributed by atoms with van der Waals surface area (Å²) in [5.41, 5.74) is -0.0199. The van der Waals surface area contributed by atoms with Gasteiger partial charge in [0.05, 0.1) is 34.6 Å². The zero-order valence-corrected chi connectivity index (χ0v) is 23.4. The summed E-state index contributed by atoms with van der Waals surface area (Å²) in [5.74, 6) is -0.243. The van der Waals surface area contributed by atoms with Gasteiger partial charge in [0.2, 0.25) is 11.8 Å². The van der Waals surface area contributed by atoms with Crippen LogP contribution in [0.15, 0.2) is 36.4 Å². The maximum Gasteiger partial charge on any atom is 0.205 e. The van der Waals surface area contributed by atoms with Gasteiger partial charge in [-0.15, -0.1) is 0 Å². The Kier molecular flexibility index (Phi) is 5.81. The summed E-state index contributed by atoms with van der Waals surface area (Å²) in [5, 5.41) is 45.7. The number of fused-ring (bicyclic) bond motifs is 6. The van der Waals surface area contributed by atoms with Crippen LogP contribution in [-0.2, 0) is 20.4 Å². The van der Waals surface area contributed by atoms with Gasteiger partial charge < -0.3 is 24.5 Å². The highest BCUT2D eigenvalue weighted by Crippen LogP contribution is 2.66. The molecule has 1 saturated heterocycles. The van der Waals surface area contributed by atoms with E-state index in [1.165, 1.54) is 4.57 Å². The first-order chi connectivity index (χ1) is 17.3. The molecule has 2 aliphatic heterocycles. The molecule has 5 rings (SSSR count). The monoisotopic (exact) mass is 520 g/mol. The van der Waals surface area contributed by atoms with Crippen LogP contribution in [0.25, 0.3) is 16.5 Å². The molecule has 2 aromatic carbocycles. The molecule has 3 atom stereocenters. The largest absolute Gasteiger partial charge is 0.494 e. The smallest absolute Gasteiger partial charge is 0.205 e. The number of nitriles is 1. The molecule has 0 aliphatic carbocycles. The number of hydrogen-bond acceptors (Lipinski definition) is 6. The molecule has 2 aliphatic rings. The summed E-state index contributed by atoms with van der Waals surface area (Å²) in [4.78, 5) is 0. The Balaban J connectivity index is 1.65. The van der Waals surface area contributed by atoms with Crippen molar-refractivity contribution in [2.75, 3.05) is 6.61 Å². The second kappa shape index (κ2) is 8.33. The van der Waals surface area contributed by atoms with Crippen LogP contribution >= 0.6 is 0 Å². The molecule has 1 fully saturated rings. The van der Waals surface area contributed by atoms with Crippen LogP contribution in [0.1, 0.15) is 63.6 Å². The first-order valence-corrected chi connectivity index (χ1v) is 15.9. The van der Waals surface area contributed by atoms with Crippen molar-refractivity contribution in [3.05, 3.63) is 53.1 Å². The third kappa shape index (κ3) is 3.48. The molecule has 0 amide bonds. The molecule has 2 unspecified atom stereocenters. The van der Waals surface area contributed by atoms with Crippen LogP contribution in [-0.4, -0.2) is 40.9 Å². The fraction of sp³-hybridized carbons (Fsp3) is 0.483. The number of rotatable bonds is 6. The zero-order valence-electron chi connectivity index (χ0n) is 22.4. The maximum atomic E-state index is 11.7. The standard InChI is InChI=1S/C29H36N2O5Si/c1-7-28-16-22(32)29(36-28,14-15-35-37(5,6)27(2,3)4)24-23(28)25(33)31(26(24)34)21-13-12-18(17-30)19-10-8-9-11-20(19)21/h8-13,22,32-34H,7,14-16H2,1-6H3/t22-,28?,29?/m1/s1. The minimum absolute atomic E-state index is 0.0359. The summed E-state index contributed by atoms with van der Waals surface area (Å²) >= 11 is 0. The van der Waals surface area contributed by atoms with Crippen LogP contribution in [0.5, 0.6) is 11.8 Å². The lowest BCUT2D eigenvalue weighted by molar-refractivity contribution is -0.122. The quantitative estimate of drug-likeness (QED) is 0.348. The van der Waals surface area contributed by atoms with Crippen molar-refractivity contribution in [2.45, 2.75) is 82.4 Å². The van der Waals surface area contributed by atoms with E-state index in [1.54, 1.807) is 12.1 Å². The maximum absolute atomic E-state index is 11.7. The predicted molar refractivity (Wildman–Crippen MR) is 144 cm³/mol. The number of benzene rings is 2. The van der Waals surface area contributed by atoms with Gasteiger partial charge >= 0.3 is 0 Å². The van der Waals surface area contributed by atoms with Crippen molar-refractivity contribution in [2.24, 2.45) is 0 Å². The highest BCUT2D eigenvalue weighted by molar-refractivity contribution is 6.74. The van der Waals surface area contributed by atoms with Gasteiger partial charge in [0.25, 0.3) is 0 Å². The van der Waals surface area contributed by atoms with E-state index in [2.05, 4.69) is 39.9 Å². The van der Waals surface area contributed by atoms with E-state index in [9.17, 15) is 20.6 Å². The molecule has 1 aromatic heterocycles. The van der Waals surface area contributed by atoms with Gasteiger partial charge in [-0.1, -0.05) is 52.0 Å². The minimum atomic E-state index is -2.04. The number of aliphatic hydroxyl groups excluding tert-OH is 1. The van der Waals surface area contributed by atoms with Crippen LogP contribution < -0.4 is 0 Å². The van der Waals surface area contributed by atoms with Crippen molar-refractivity contribution < 1.29 is 24.5 Å². The normalized spacial score (nSPS) is 25.0. The van der Waals surface area contributed by atoms with Gasteiger partial charge in [-0.2, -0.15) is 5.26 Å². The number of ether oxygens (including phenoxy) is 1. The molecule has 3 heterocycles. The molecule has 0 saturated carbocycles. The third-order valence-electron chi connectivity index (χ3n) is 9.01. The van der Waals surface area contributed by atoms with E-state index in [4.69, 9.17) is 9.16 Å². The van der Waals surface area contributed by atoms with Gasteiger partial charge in [-0.05, 0) is 36.7 Å². The Morgan fingerprint density at radius 1 is 1.11 bits per heavy atom. The fourth-order valence-electron chi connectivity index (χ4n) is 5.90. The predicted octanol–water partition coefficient (Wildman–Crippen LogP) is 5.92. The molecule has 196 valence electrons. The summed E-state index contributed by atoms with van der Waals surface area (Å²) in [6.07, 6.45) is 0.386. The second-order valence-corrected chi connectivity index (χ2v) is 16.7. The summed E-state index contributed by atoms with van der Waals surface area (Å²) < 4.78 is 14.5. The van der Waals surface area contributed by atoms with Crippen molar-refractivity contribution >= 4 is 19.1 Å². The molecule has 3 aromatic rings. The van der Waals surface area contributed by atoms with Crippen LogP contribution in [0.2, 0.25) is 18.1 Å². The van der Waals surface area contributed by atoms with Crippen LogP contribution in [0, 0.1) is 11.3 Å². The van der Waals surface area contributed by atoms with E-state index >= 15 is 0 Å². The molecular formula is C29H36N2O5Si. The first kappa shape index (κ1) is 25.8. The molecule has 8 heteroatoms. The van der Waals surface area contributed by atoms with Crippen LogP contribution in [0.3, 0.4) is 0 Å². The number of hydrogen-bond donors (Lipinski definition) is 3. The van der Waals surface area contributed by atoms with Gasteiger partial charge in [0.1, 0.15) is 11.2 Å².